The quantitative estimate of drug-likeness (QED) is 0.479. The van der Waals surface area contributed by atoms with Crippen molar-refractivity contribution in [1.82, 2.24) is 14.9 Å². The number of imidazole rings is 1. The van der Waals surface area contributed by atoms with Crippen LogP contribution in [0.3, 0.4) is 0 Å². The van der Waals surface area contributed by atoms with E-state index < -0.39 is 5.91 Å². The number of fused-ring (bicyclic) bond motifs is 1. The molecule has 0 bridgehead atoms. The van der Waals surface area contributed by atoms with Crippen molar-refractivity contribution in [3.8, 4) is 11.4 Å². The first kappa shape index (κ1) is 19.7. The van der Waals surface area contributed by atoms with Gasteiger partial charge in [-0.05, 0) is 48.5 Å². The Kier molecular flexibility index (Phi) is 5.81. The van der Waals surface area contributed by atoms with Gasteiger partial charge in [-0.3, -0.25) is 19.5 Å². The third kappa shape index (κ3) is 4.21. The number of rotatable bonds is 6. The second-order valence-electron chi connectivity index (χ2n) is 6.45. The van der Waals surface area contributed by atoms with Gasteiger partial charge in [0.1, 0.15) is 5.75 Å². The Morgan fingerprint density at radius 3 is 2.40 bits per heavy atom. The lowest BCUT2D eigenvalue weighted by Crippen LogP contribution is -2.31. The number of carbonyl (C=O) groups excluding carboxylic acids is 2. The molecule has 150 valence electrons. The van der Waals surface area contributed by atoms with Crippen molar-refractivity contribution in [2.45, 2.75) is 5.16 Å². The van der Waals surface area contributed by atoms with Gasteiger partial charge >= 0.3 is 0 Å². The Hall–Kier alpha value is -3.58. The predicted octanol–water partition coefficient (Wildman–Crippen LogP) is 4.08. The number of nitrogens with one attached hydrogen (secondary N) is 1. The summed E-state index contributed by atoms with van der Waals surface area (Å²) in [6, 6.07) is 24.2. The molecule has 6 nitrogen and oxygen atoms in total. The second-order valence-corrected chi connectivity index (χ2v) is 7.39. The van der Waals surface area contributed by atoms with Crippen LogP contribution < -0.4 is 10.1 Å². The van der Waals surface area contributed by atoms with Crippen molar-refractivity contribution in [3.63, 3.8) is 0 Å². The fourth-order valence-electron chi connectivity index (χ4n) is 3.03. The van der Waals surface area contributed by atoms with E-state index in [1.807, 2.05) is 59.2 Å². The van der Waals surface area contributed by atoms with Crippen molar-refractivity contribution in [1.29, 1.82) is 0 Å². The average Bonchev–Trinajstić information content (AvgIpc) is 3.16. The largest absolute Gasteiger partial charge is 0.497 e. The highest BCUT2D eigenvalue weighted by Gasteiger charge is 2.16. The van der Waals surface area contributed by atoms with E-state index in [-0.39, 0.29) is 11.7 Å². The van der Waals surface area contributed by atoms with Crippen LogP contribution in [0.1, 0.15) is 10.4 Å². The number of hydrogen-bond donors (Lipinski definition) is 1. The van der Waals surface area contributed by atoms with Crippen LogP contribution in [-0.4, -0.2) is 34.2 Å². The third-order valence-electron chi connectivity index (χ3n) is 4.48. The fourth-order valence-corrected chi connectivity index (χ4v) is 3.86. The Morgan fingerprint density at radius 1 is 0.967 bits per heavy atom. The van der Waals surface area contributed by atoms with Crippen molar-refractivity contribution in [2.24, 2.45) is 0 Å². The summed E-state index contributed by atoms with van der Waals surface area (Å²) >= 11 is 1.29. The van der Waals surface area contributed by atoms with Gasteiger partial charge in [0, 0.05) is 11.3 Å². The monoisotopic (exact) mass is 417 g/mol. The van der Waals surface area contributed by atoms with E-state index in [1.165, 1.54) is 11.8 Å². The SMILES string of the molecule is COc1ccc(C(=O)NC(=O)CSc2nc3ccccc3n2-c2ccccc2)cc1. The number of para-hydroxylation sites is 3. The molecule has 0 radical (unpaired) electrons. The number of thioether (sulfide) groups is 1. The molecule has 7 heteroatoms. The minimum Gasteiger partial charge on any atom is -0.497 e. The number of methoxy groups -OCH3 is 1. The second kappa shape index (κ2) is 8.84. The van der Waals surface area contributed by atoms with Gasteiger partial charge in [-0.25, -0.2) is 4.98 Å². The molecule has 4 rings (SSSR count). The summed E-state index contributed by atoms with van der Waals surface area (Å²) in [6.07, 6.45) is 0. The van der Waals surface area contributed by atoms with Gasteiger partial charge in [-0.2, -0.15) is 0 Å². The Bertz CT molecular complexity index is 1190. The predicted molar refractivity (Wildman–Crippen MR) is 117 cm³/mol. The van der Waals surface area contributed by atoms with Crippen LogP contribution in [0.4, 0.5) is 0 Å². The summed E-state index contributed by atoms with van der Waals surface area (Å²) in [6.45, 7) is 0. The molecule has 0 fully saturated rings. The van der Waals surface area contributed by atoms with Gasteiger partial charge in [0.2, 0.25) is 5.91 Å². The number of hydrogen-bond acceptors (Lipinski definition) is 5. The lowest BCUT2D eigenvalue weighted by molar-refractivity contribution is -0.117. The summed E-state index contributed by atoms with van der Waals surface area (Å²) in [5.74, 6) is -0.113. The Balaban J connectivity index is 1.49. The first-order valence-electron chi connectivity index (χ1n) is 9.29. The molecule has 0 spiro atoms. The smallest absolute Gasteiger partial charge is 0.257 e. The van der Waals surface area contributed by atoms with Crippen LogP contribution in [-0.2, 0) is 4.79 Å². The minimum absolute atomic E-state index is 0.0675. The molecule has 1 N–H and O–H groups in total. The molecular weight excluding hydrogens is 398 g/mol. The van der Waals surface area contributed by atoms with Crippen LogP contribution >= 0.6 is 11.8 Å². The van der Waals surface area contributed by atoms with Crippen molar-refractivity contribution < 1.29 is 14.3 Å². The molecule has 0 aliphatic heterocycles. The number of imide groups is 1. The molecule has 0 aliphatic rings. The van der Waals surface area contributed by atoms with Gasteiger partial charge in [0.25, 0.3) is 5.91 Å². The molecule has 30 heavy (non-hydrogen) atoms. The molecule has 0 atom stereocenters. The van der Waals surface area contributed by atoms with Crippen molar-refractivity contribution in [3.05, 3.63) is 84.4 Å². The van der Waals surface area contributed by atoms with Gasteiger partial charge in [-0.15, -0.1) is 0 Å². The topological polar surface area (TPSA) is 73.2 Å². The summed E-state index contributed by atoms with van der Waals surface area (Å²) < 4.78 is 7.09. The van der Waals surface area contributed by atoms with E-state index in [1.54, 1.807) is 31.4 Å². The van der Waals surface area contributed by atoms with E-state index in [9.17, 15) is 9.59 Å². The van der Waals surface area contributed by atoms with Crippen LogP contribution in [0.5, 0.6) is 5.75 Å². The number of aromatic nitrogens is 2. The highest BCUT2D eigenvalue weighted by atomic mass is 32.2. The molecule has 2 amide bonds. The van der Waals surface area contributed by atoms with E-state index in [0.29, 0.717) is 16.5 Å². The zero-order chi connectivity index (χ0) is 20.9. The third-order valence-corrected chi connectivity index (χ3v) is 5.42. The van der Waals surface area contributed by atoms with Crippen LogP contribution in [0.2, 0.25) is 0 Å². The van der Waals surface area contributed by atoms with Gasteiger partial charge in [0.05, 0.1) is 23.9 Å². The van der Waals surface area contributed by atoms with E-state index in [2.05, 4.69) is 10.3 Å². The Labute approximate surface area is 177 Å². The number of nitrogens with zero attached hydrogens (tertiary/aromatic N) is 2. The average molecular weight is 417 g/mol. The number of benzene rings is 3. The molecule has 1 heterocycles. The van der Waals surface area contributed by atoms with E-state index in [0.717, 1.165) is 16.7 Å². The maximum absolute atomic E-state index is 12.4. The zero-order valence-electron chi connectivity index (χ0n) is 16.2. The van der Waals surface area contributed by atoms with Gasteiger partial charge < -0.3 is 4.74 Å². The van der Waals surface area contributed by atoms with Gasteiger partial charge in [-0.1, -0.05) is 42.1 Å². The Morgan fingerprint density at radius 2 is 1.67 bits per heavy atom. The summed E-state index contributed by atoms with van der Waals surface area (Å²) in [7, 11) is 1.55. The van der Waals surface area contributed by atoms with Crippen molar-refractivity contribution >= 4 is 34.6 Å². The maximum atomic E-state index is 12.4. The van der Waals surface area contributed by atoms with Crippen LogP contribution in [0.25, 0.3) is 16.7 Å². The summed E-state index contributed by atoms with van der Waals surface area (Å²) in [5, 5.41) is 3.11. The van der Waals surface area contributed by atoms with E-state index >= 15 is 0 Å². The standard InChI is InChI=1S/C23H19N3O3S/c1-29-18-13-11-16(12-14-18)22(28)25-21(27)15-30-23-24-19-9-5-6-10-20(19)26(23)17-7-3-2-4-8-17/h2-14H,15H2,1H3,(H,25,27,28). The number of ether oxygens (including phenoxy) is 1. The molecule has 0 saturated carbocycles. The summed E-state index contributed by atoms with van der Waals surface area (Å²) in [4.78, 5) is 29.3. The van der Waals surface area contributed by atoms with Crippen molar-refractivity contribution in [2.75, 3.05) is 12.9 Å². The lowest BCUT2D eigenvalue weighted by Gasteiger charge is -2.09. The summed E-state index contributed by atoms with van der Waals surface area (Å²) in [5.41, 5.74) is 3.16. The molecule has 3 aromatic carbocycles. The molecule has 4 aromatic rings. The molecule has 0 saturated heterocycles. The maximum Gasteiger partial charge on any atom is 0.257 e. The van der Waals surface area contributed by atoms with Gasteiger partial charge in [0.15, 0.2) is 5.16 Å². The zero-order valence-corrected chi connectivity index (χ0v) is 17.1. The lowest BCUT2D eigenvalue weighted by atomic mass is 10.2. The highest BCUT2D eigenvalue weighted by molar-refractivity contribution is 7.99. The fraction of sp³-hybridized carbons (Fsp3) is 0.0870. The highest BCUT2D eigenvalue weighted by Crippen LogP contribution is 2.27. The first-order valence-corrected chi connectivity index (χ1v) is 10.3. The number of amides is 2. The molecule has 0 aliphatic carbocycles. The molecular formula is C23H19N3O3S. The van der Waals surface area contributed by atoms with Crippen LogP contribution in [0.15, 0.2) is 84.0 Å². The normalized spacial score (nSPS) is 10.7. The first-order chi connectivity index (χ1) is 14.7. The molecule has 1 aromatic heterocycles. The van der Waals surface area contributed by atoms with Crippen LogP contribution in [0, 0.1) is 0 Å². The van der Waals surface area contributed by atoms with E-state index in [4.69, 9.17) is 4.74 Å². The molecule has 0 unspecified atom stereocenters. The number of carbonyl (C=O) groups is 2. The minimum atomic E-state index is -0.445.